The molecule has 2 amide bonds. The molecule has 1 aromatic rings. The first-order valence-electron chi connectivity index (χ1n) is 8.04. The Balaban J connectivity index is 1.50. The van der Waals surface area contributed by atoms with Crippen LogP contribution < -0.4 is 0 Å². The van der Waals surface area contributed by atoms with Crippen LogP contribution in [0.1, 0.15) is 22.3 Å². The van der Waals surface area contributed by atoms with Crippen LogP contribution in [0, 0.1) is 5.92 Å². The number of benzene rings is 1. The molecule has 3 rings (SSSR count). The van der Waals surface area contributed by atoms with Crippen molar-refractivity contribution in [3.8, 4) is 0 Å². The summed E-state index contributed by atoms with van der Waals surface area (Å²) in [6.07, 6.45) is 1.31. The van der Waals surface area contributed by atoms with Gasteiger partial charge in [-0.3, -0.25) is 9.69 Å². The fourth-order valence-electron chi connectivity index (χ4n) is 3.18. The van der Waals surface area contributed by atoms with Crippen molar-refractivity contribution in [1.29, 1.82) is 0 Å². The quantitative estimate of drug-likeness (QED) is 0.876. The average molecular weight is 332 g/mol. The second-order valence-electron chi connectivity index (χ2n) is 6.24. The number of hydrogen-bond donors (Lipinski definition) is 1. The molecule has 1 unspecified atom stereocenters. The van der Waals surface area contributed by atoms with Crippen molar-refractivity contribution in [3.05, 3.63) is 35.4 Å². The second-order valence-corrected chi connectivity index (χ2v) is 6.24. The number of cyclic esters (lactones) is 1. The minimum atomic E-state index is -0.931. The zero-order valence-electron chi connectivity index (χ0n) is 13.3. The number of hydrogen-bond acceptors (Lipinski definition) is 4. The number of aromatic carboxylic acids is 1. The molecule has 1 N–H and O–H groups in total. The number of likely N-dealkylation sites (tertiary alicyclic amines) is 1. The number of nitrogens with zero attached hydrogens (tertiary/aromatic N) is 2. The van der Waals surface area contributed by atoms with E-state index in [1.807, 2.05) is 12.1 Å². The Bertz CT molecular complexity index is 643. The smallest absolute Gasteiger partial charge is 0.410 e. The molecule has 0 radical (unpaired) electrons. The van der Waals surface area contributed by atoms with Crippen molar-refractivity contribution in [2.24, 2.45) is 5.92 Å². The maximum atomic E-state index is 12.3. The number of carboxylic acids is 1. The normalized spacial score (nSPS) is 20.3. The summed E-state index contributed by atoms with van der Waals surface area (Å²) in [7, 11) is 0. The highest BCUT2D eigenvalue weighted by Crippen LogP contribution is 2.21. The molecule has 0 aromatic heterocycles. The summed E-state index contributed by atoms with van der Waals surface area (Å²) in [6, 6.07) is 6.87. The molecule has 7 heteroatoms. The van der Waals surface area contributed by atoms with Gasteiger partial charge in [-0.2, -0.15) is 0 Å². The van der Waals surface area contributed by atoms with E-state index in [9.17, 15) is 14.4 Å². The third-order valence-corrected chi connectivity index (χ3v) is 4.53. The van der Waals surface area contributed by atoms with E-state index in [-0.39, 0.29) is 18.0 Å². The number of carbonyl (C=O) groups is 3. The Labute approximate surface area is 139 Å². The maximum Gasteiger partial charge on any atom is 0.410 e. The zero-order valence-corrected chi connectivity index (χ0v) is 13.3. The standard InChI is InChI=1S/C17H20N2O5/c20-15(11-19-7-8-24-17(19)23)18-6-5-13(10-18)9-12-1-3-14(4-2-12)16(21)22/h1-4,13H,5-11H2,(H,21,22). The zero-order chi connectivity index (χ0) is 17.1. The first-order valence-corrected chi connectivity index (χ1v) is 8.04. The summed E-state index contributed by atoms with van der Waals surface area (Å²) >= 11 is 0. The van der Waals surface area contributed by atoms with Gasteiger partial charge < -0.3 is 14.7 Å². The Kier molecular flexibility index (Phi) is 4.69. The van der Waals surface area contributed by atoms with Gasteiger partial charge in [-0.1, -0.05) is 12.1 Å². The predicted molar refractivity (Wildman–Crippen MR) is 84.7 cm³/mol. The largest absolute Gasteiger partial charge is 0.478 e. The molecule has 0 saturated carbocycles. The van der Waals surface area contributed by atoms with Crippen LogP contribution in [0.2, 0.25) is 0 Å². The van der Waals surface area contributed by atoms with Crippen LogP contribution in [-0.4, -0.2) is 65.7 Å². The van der Waals surface area contributed by atoms with Crippen molar-refractivity contribution < 1.29 is 24.2 Å². The van der Waals surface area contributed by atoms with Crippen molar-refractivity contribution in [2.75, 3.05) is 32.8 Å². The van der Waals surface area contributed by atoms with Gasteiger partial charge in [0, 0.05) is 13.1 Å². The fraction of sp³-hybridized carbons (Fsp3) is 0.471. The van der Waals surface area contributed by atoms with Crippen molar-refractivity contribution in [1.82, 2.24) is 9.80 Å². The van der Waals surface area contributed by atoms with Gasteiger partial charge in [-0.05, 0) is 36.5 Å². The van der Waals surface area contributed by atoms with E-state index in [4.69, 9.17) is 9.84 Å². The van der Waals surface area contributed by atoms with Crippen LogP contribution in [0.15, 0.2) is 24.3 Å². The summed E-state index contributed by atoms with van der Waals surface area (Å²) in [5, 5.41) is 8.91. The maximum absolute atomic E-state index is 12.3. The minimum absolute atomic E-state index is 0.0439. The van der Waals surface area contributed by atoms with E-state index >= 15 is 0 Å². The van der Waals surface area contributed by atoms with Crippen molar-refractivity contribution in [2.45, 2.75) is 12.8 Å². The minimum Gasteiger partial charge on any atom is -0.478 e. The molecule has 2 aliphatic rings. The van der Waals surface area contributed by atoms with Crippen LogP contribution in [0.3, 0.4) is 0 Å². The van der Waals surface area contributed by atoms with Gasteiger partial charge in [0.2, 0.25) is 5.91 Å². The number of carbonyl (C=O) groups excluding carboxylic acids is 2. The van der Waals surface area contributed by atoms with Gasteiger partial charge in [0.1, 0.15) is 13.2 Å². The van der Waals surface area contributed by atoms with Gasteiger partial charge in [0.25, 0.3) is 0 Å². The third-order valence-electron chi connectivity index (χ3n) is 4.53. The summed E-state index contributed by atoms with van der Waals surface area (Å²) < 4.78 is 4.83. The SMILES string of the molecule is O=C(O)c1ccc(CC2CCN(C(=O)CN3CCOC3=O)C2)cc1. The molecule has 2 heterocycles. The molecule has 0 aliphatic carbocycles. The lowest BCUT2D eigenvalue weighted by Gasteiger charge is -2.20. The van der Waals surface area contributed by atoms with Crippen molar-refractivity contribution in [3.63, 3.8) is 0 Å². The Morgan fingerprint density at radius 1 is 1.21 bits per heavy atom. The highest BCUT2D eigenvalue weighted by Gasteiger charge is 2.30. The molecule has 1 aromatic carbocycles. The summed E-state index contributed by atoms with van der Waals surface area (Å²) in [5.41, 5.74) is 1.35. The molecule has 0 bridgehead atoms. The number of ether oxygens (including phenoxy) is 1. The molecular weight excluding hydrogens is 312 g/mol. The summed E-state index contributed by atoms with van der Waals surface area (Å²) in [4.78, 5) is 37.8. The summed E-state index contributed by atoms with van der Waals surface area (Å²) in [5.74, 6) is -0.618. The molecule has 2 fully saturated rings. The van der Waals surface area contributed by atoms with Gasteiger partial charge >= 0.3 is 12.1 Å². The van der Waals surface area contributed by atoms with Gasteiger partial charge in [0.05, 0.1) is 12.1 Å². The molecule has 128 valence electrons. The highest BCUT2D eigenvalue weighted by molar-refractivity contribution is 5.87. The van der Waals surface area contributed by atoms with Gasteiger partial charge in [-0.25, -0.2) is 9.59 Å². The van der Waals surface area contributed by atoms with E-state index in [1.165, 1.54) is 4.90 Å². The Morgan fingerprint density at radius 2 is 1.96 bits per heavy atom. The third kappa shape index (κ3) is 3.67. The van der Waals surface area contributed by atoms with E-state index < -0.39 is 12.1 Å². The Hall–Kier alpha value is -2.57. The van der Waals surface area contributed by atoms with Crippen LogP contribution in [0.5, 0.6) is 0 Å². The lowest BCUT2D eigenvalue weighted by Crippen LogP contribution is -2.39. The van der Waals surface area contributed by atoms with E-state index in [0.29, 0.717) is 32.2 Å². The fourth-order valence-corrected chi connectivity index (χ4v) is 3.18. The Morgan fingerprint density at radius 3 is 2.58 bits per heavy atom. The van der Waals surface area contributed by atoms with Crippen molar-refractivity contribution >= 4 is 18.0 Å². The van der Waals surface area contributed by atoms with Crippen LogP contribution >= 0.6 is 0 Å². The van der Waals surface area contributed by atoms with Gasteiger partial charge in [0.15, 0.2) is 0 Å². The number of rotatable bonds is 5. The topological polar surface area (TPSA) is 87.2 Å². The van der Waals surface area contributed by atoms with E-state index in [1.54, 1.807) is 17.0 Å². The van der Waals surface area contributed by atoms with Crippen LogP contribution in [0.25, 0.3) is 0 Å². The molecule has 1 atom stereocenters. The molecule has 7 nitrogen and oxygen atoms in total. The number of carboxylic acid groups (broad SMARTS) is 1. The number of amides is 2. The molecule has 2 saturated heterocycles. The average Bonchev–Trinajstić information content (AvgIpc) is 3.18. The first-order chi connectivity index (χ1) is 11.5. The lowest BCUT2D eigenvalue weighted by molar-refractivity contribution is -0.130. The molecule has 2 aliphatic heterocycles. The lowest BCUT2D eigenvalue weighted by atomic mass is 9.98. The van der Waals surface area contributed by atoms with E-state index in [2.05, 4.69) is 0 Å². The summed E-state index contributed by atoms with van der Waals surface area (Å²) in [6.45, 7) is 2.26. The van der Waals surface area contributed by atoms with E-state index in [0.717, 1.165) is 18.4 Å². The monoisotopic (exact) mass is 332 g/mol. The van der Waals surface area contributed by atoms with Gasteiger partial charge in [-0.15, -0.1) is 0 Å². The van der Waals surface area contributed by atoms with Crippen LogP contribution in [0.4, 0.5) is 4.79 Å². The van der Waals surface area contributed by atoms with Crippen LogP contribution in [-0.2, 0) is 16.0 Å². The predicted octanol–water partition coefficient (Wildman–Crippen LogP) is 1.23. The first kappa shape index (κ1) is 16.3. The molecular formula is C17H20N2O5. The molecule has 24 heavy (non-hydrogen) atoms. The molecule has 0 spiro atoms. The highest BCUT2D eigenvalue weighted by atomic mass is 16.6. The second kappa shape index (κ2) is 6.90.